The zero-order valence-corrected chi connectivity index (χ0v) is 20.7. The molecule has 0 radical (unpaired) electrons. The summed E-state index contributed by atoms with van der Waals surface area (Å²) in [6, 6.07) is 19.0. The van der Waals surface area contributed by atoms with Crippen LogP contribution in [-0.2, 0) is 17.8 Å². The molecule has 3 amide bonds. The van der Waals surface area contributed by atoms with Gasteiger partial charge in [-0.15, -0.1) is 0 Å². The van der Waals surface area contributed by atoms with Gasteiger partial charge in [0.1, 0.15) is 23.9 Å². The van der Waals surface area contributed by atoms with Crippen molar-refractivity contribution in [3.05, 3.63) is 89.6 Å². The van der Waals surface area contributed by atoms with Gasteiger partial charge in [-0.1, -0.05) is 50.2 Å². The Morgan fingerprint density at radius 3 is 2.40 bits per heavy atom. The summed E-state index contributed by atoms with van der Waals surface area (Å²) in [5.74, 6) is 1.22. The third kappa shape index (κ3) is 8.59. The van der Waals surface area contributed by atoms with Crippen LogP contribution in [0.1, 0.15) is 37.4 Å². The number of hydrogen-bond donors (Lipinski definition) is 1. The molecule has 0 aliphatic carbocycles. The molecule has 1 N–H and O–H groups in total. The highest BCUT2D eigenvalue weighted by molar-refractivity contribution is 5.92. The van der Waals surface area contributed by atoms with E-state index in [0.29, 0.717) is 43.4 Å². The quantitative estimate of drug-likeness (QED) is 0.374. The average Bonchev–Trinajstić information content (AvgIpc) is 3.24. The number of benzene rings is 2. The molecular formula is C28H34FN3O3. The molecule has 3 aromatic rings. The number of carbonyl (C=O) groups is 2. The highest BCUT2D eigenvalue weighted by Gasteiger charge is 2.23. The average molecular weight is 480 g/mol. The molecule has 35 heavy (non-hydrogen) atoms. The minimum Gasteiger partial charge on any atom is -0.464 e. The van der Waals surface area contributed by atoms with E-state index in [1.807, 2.05) is 49.4 Å². The van der Waals surface area contributed by atoms with E-state index in [1.54, 1.807) is 11.0 Å². The fourth-order valence-electron chi connectivity index (χ4n) is 3.66. The summed E-state index contributed by atoms with van der Waals surface area (Å²) in [4.78, 5) is 29.7. The Morgan fingerprint density at radius 1 is 0.971 bits per heavy atom. The number of hydrogen-bond acceptors (Lipinski definition) is 3. The molecule has 7 heteroatoms. The Morgan fingerprint density at radius 2 is 1.74 bits per heavy atom. The van der Waals surface area contributed by atoms with Crippen LogP contribution < -0.4 is 5.32 Å². The summed E-state index contributed by atoms with van der Waals surface area (Å²) in [6.07, 6.45) is 1.43. The molecule has 0 aliphatic heterocycles. The van der Waals surface area contributed by atoms with E-state index in [-0.39, 0.29) is 12.5 Å². The van der Waals surface area contributed by atoms with Gasteiger partial charge in [-0.25, -0.2) is 9.18 Å². The van der Waals surface area contributed by atoms with Crippen LogP contribution in [0.25, 0.3) is 0 Å². The summed E-state index contributed by atoms with van der Waals surface area (Å²) in [5, 5.41) is 2.72. The van der Waals surface area contributed by atoms with Crippen molar-refractivity contribution < 1.29 is 18.4 Å². The largest absolute Gasteiger partial charge is 0.464 e. The number of carbonyl (C=O) groups excluding carboxylic acids is 2. The number of aryl methyl sites for hydroxylation is 1. The topological polar surface area (TPSA) is 65.8 Å². The second-order valence-electron chi connectivity index (χ2n) is 9.11. The predicted molar refractivity (Wildman–Crippen MR) is 135 cm³/mol. The number of urea groups is 1. The van der Waals surface area contributed by atoms with Gasteiger partial charge in [0.2, 0.25) is 5.91 Å². The maximum absolute atomic E-state index is 13.6. The van der Waals surface area contributed by atoms with Crippen molar-refractivity contribution in [2.75, 3.05) is 25.0 Å². The van der Waals surface area contributed by atoms with Crippen LogP contribution in [0.15, 0.2) is 71.1 Å². The van der Waals surface area contributed by atoms with Crippen molar-refractivity contribution in [2.45, 2.75) is 40.2 Å². The van der Waals surface area contributed by atoms with Crippen LogP contribution in [0, 0.1) is 18.7 Å². The molecular weight excluding hydrogens is 445 g/mol. The summed E-state index contributed by atoms with van der Waals surface area (Å²) < 4.78 is 19.3. The van der Waals surface area contributed by atoms with Gasteiger partial charge >= 0.3 is 6.03 Å². The lowest BCUT2D eigenvalue weighted by Crippen LogP contribution is -2.45. The number of amides is 3. The van der Waals surface area contributed by atoms with Crippen LogP contribution in [0.4, 0.5) is 14.9 Å². The van der Waals surface area contributed by atoms with Gasteiger partial charge < -0.3 is 19.5 Å². The number of furan rings is 1. The molecule has 0 saturated carbocycles. The molecule has 1 aromatic heterocycles. The number of rotatable bonds is 11. The van der Waals surface area contributed by atoms with Crippen LogP contribution >= 0.6 is 0 Å². The van der Waals surface area contributed by atoms with Crippen molar-refractivity contribution in [1.82, 2.24) is 9.80 Å². The minimum absolute atomic E-state index is 0.0810. The first-order valence-corrected chi connectivity index (χ1v) is 12.0. The smallest absolute Gasteiger partial charge is 0.322 e. The lowest BCUT2D eigenvalue weighted by molar-refractivity contribution is -0.132. The van der Waals surface area contributed by atoms with E-state index in [9.17, 15) is 14.0 Å². The Labute approximate surface area is 206 Å². The number of halogens is 1. The zero-order chi connectivity index (χ0) is 25.2. The van der Waals surface area contributed by atoms with Gasteiger partial charge in [0, 0.05) is 18.8 Å². The summed E-state index contributed by atoms with van der Waals surface area (Å²) in [6.45, 7) is 7.14. The fourth-order valence-corrected chi connectivity index (χ4v) is 3.66. The van der Waals surface area contributed by atoms with E-state index in [1.165, 1.54) is 23.1 Å². The van der Waals surface area contributed by atoms with Crippen LogP contribution in [-0.4, -0.2) is 41.4 Å². The van der Waals surface area contributed by atoms with Gasteiger partial charge in [-0.2, -0.15) is 0 Å². The standard InChI is InChI=1S/C28H34FN3O3/c1-21(2)14-16-32(28(34)30-25-11-7-10-24(29)18-25)20-27(33)31(19-26-13-12-22(3)35-26)17-15-23-8-5-4-6-9-23/h4-13,18,21H,14-17,19-20H2,1-3H3,(H,30,34). The molecule has 6 nitrogen and oxygen atoms in total. The van der Waals surface area contributed by atoms with E-state index in [2.05, 4.69) is 19.2 Å². The summed E-state index contributed by atoms with van der Waals surface area (Å²) in [5.41, 5.74) is 1.48. The molecule has 0 unspecified atom stereocenters. The SMILES string of the molecule is Cc1ccc(CN(CCc2ccccc2)C(=O)CN(CCC(C)C)C(=O)Nc2cccc(F)c2)o1. The Bertz CT molecular complexity index is 1100. The Balaban J connectivity index is 1.73. The first-order valence-electron chi connectivity index (χ1n) is 12.0. The van der Waals surface area contributed by atoms with E-state index in [0.717, 1.165) is 17.7 Å². The molecule has 1 heterocycles. The van der Waals surface area contributed by atoms with Crippen molar-refractivity contribution in [2.24, 2.45) is 5.92 Å². The van der Waals surface area contributed by atoms with Crippen molar-refractivity contribution >= 4 is 17.6 Å². The first kappa shape index (κ1) is 26.0. The van der Waals surface area contributed by atoms with Gasteiger partial charge in [0.25, 0.3) is 0 Å². The van der Waals surface area contributed by atoms with Crippen molar-refractivity contribution in [3.63, 3.8) is 0 Å². The van der Waals surface area contributed by atoms with Crippen molar-refractivity contribution in [1.29, 1.82) is 0 Å². The maximum atomic E-state index is 13.6. The minimum atomic E-state index is -0.437. The second kappa shape index (κ2) is 12.7. The highest BCUT2D eigenvalue weighted by Crippen LogP contribution is 2.14. The van der Waals surface area contributed by atoms with E-state index in [4.69, 9.17) is 4.42 Å². The van der Waals surface area contributed by atoms with Gasteiger partial charge in [-0.3, -0.25) is 4.79 Å². The van der Waals surface area contributed by atoms with Crippen LogP contribution in [0.2, 0.25) is 0 Å². The predicted octanol–water partition coefficient (Wildman–Crippen LogP) is 5.88. The molecule has 0 saturated heterocycles. The molecule has 3 rings (SSSR count). The van der Waals surface area contributed by atoms with Gasteiger partial charge in [0.15, 0.2) is 0 Å². The molecule has 0 atom stereocenters. The lowest BCUT2D eigenvalue weighted by Gasteiger charge is -2.28. The van der Waals surface area contributed by atoms with Gasteiger partial charge in [0.05, 0.1) is 6.54 Å². The summed E-state index contributed by atoms with van der Waals surface area (Å²) >= 11 is 0. The van der Waals surface area contributed by atoms with Crippen LogP contribution in [0.5, 0.6) is 0 Å². The van der Waals surface area contributed by atoms with Crippen LogP contribution in [0.3, 0.4) is 0 Å². The lowest BCUT2D eigenvalue weighted by atomic mass is 10.1. The number of nitrogens with one attached hydrogen (secondary N) is 1. The molecule has 186 valence electrons. The maximum Gasteiger partial charge on any atom is 0.322 e. The Hall–Kier alpha value is -3.61. The Kier molecular flexibility index (Phi) is 9.47. The third-order valence-electron chi connectivity index (χ3n) is 5.67. The second-order valence-corrected chi connectivity index (χ2v) is 9.11. The molecule has 0 spiro atoms. The molecule has 2 aromatic carbocycles. The molecule has 0 bridgehead atoms. The normalized spacial score (nSPS) is 10.9. The molecule has 0 aliphatic rings. The number of anilines is 1. The summed E-state index contributed by atoms with van der Waals surface area (Å²) in [7, 11) is 0. The van der Waals surface area contributed by atoms with E-state index < -0.39 is 11.8 Å². The molecule has 0 fully saturated rings. The number of nitrogens with zero attached hydrogens (tertiary/aromatic N) is 2. The third-order valence-corrected chi connectivity index (χ3v) is 5.67. The first-order chi connectivity index (χ1) is 16.8. The fraction of sp³-hybridized carbons (Fsp3) is 0.357. The van der Waals surface area contributed by atoms with Crippen molar-refractivity contribution in [3.8, 4) is 0 Å². The van der Waals surface area contributed by atoms with E-state index >= 15 is 0 Å². The van der Waals surface area contributed by atoms with Gasteiger partial charge in [-0.05, 0) is 61.6 Å². The zero-order valence-electron chi connectivity index (χ0n) is 20.7. The monoisotopic (exact) mass is 479 g/mol. The highest BCUT2D eigenvalue weighted by atomic mass is 19.1.